The van der Waals surface area contributed by atoms with Crippen LogP contribution in [0.4, 0.5) is 18.9 Å². The van der Waals surface area contributed by atoms with E-state index in [0.29, 0.717) is 23.9 Å². The van der Waals surface area contributed by atoms with Crippen molar-refractivity contribution in [2.75, 3.05) is 12.4 Å². The predicted molar refractivity (Wildman–Crippen MR) is 121 cm³/mol. The van der Waals surface area contributed by atoms with Gasteiger partial charge in [-0.15, -0.1) is 0 Å². The summed E-state index contributed by atoms with van der Waals surface area (Å²) in [5.74, 6) is -1.68. The van der Waals surface area contributed by atoms with E-state index in [1.54, 1.807) is 24.7 Å². The second-order valence-corrected chi connectivity index (χ2v) is 7.76. The summed E-state index contributed by atoms with van der Waals surface area (Å²) in [5.41, 5.74) is -2.11. The fourth-order valence-electron chi connectivity index (χ4n) is 2.91. The summed E-state index contributed by atoms with van der Waals surface area (Å²) in [5, 5.41) is 17.3. The molecule has 2 aromatic heterocycles. The third-order valence-corrected chi connectivity index (χ3v) is 4.57. The van der Waals surface area contributed by atoms with Crippen LogP contribution in [-0.4, -0.2) is 44.5 Å². The molecule has 0 bridgehead atoms. The van der Waals surface area contributed by atoms with E-state index >= 15 is 0 Å². The number of halogens is 3. The third-order valence-electron chi connectivity index (χ3n) is 4.57. The lowest BCUT2D eigenvalue weighted by molar-refractivity contribution is -0.141. The van der Waals surface area contributed by atoms with E-state index in [-0.39, 0.29) is 11.3 Å². The molecule has 0 saturated heterocycles. The maximum absolute atomic E-state index is 12.9. The zero-order valence-electron chi connectivity index (χ0n) is 19.5. The molecule has 2 N–H and O–H groups in total. The SMILES string of the molecule is CC.COC(=O)c1cc2nn(CCC(C)(C)O)cc2cc1NC(=O)c1cccc(C(F)(F)F)n1. The number of nitrogens with one attached hydrogen (secondary N) is 1. The standard InChI is InChI=1S/C21H21F3N4O4.C2H6/c1-20(2,31)7-8-28-11-12-9-16(13(19(30)32-3)10-15(12)27-28)26-18(29)14-5-4-6-17(25-14)21(22,23)24;1-2/h4-6,9-11,31H,7-8H2,1-3H3,(H,26,29);1-2H3. The number of carbonyl (C=O) groups excluding carboxylic acids is 2. The average Bonchev–Trinajstić information content (AvgIpc) is 3.19. The number of anilines is 1. The summed E-state index contributed by atoms with van der Waals surface area (Å²) < 4.78 is 45.1. The minimum Gasteiger partial charge on any atom is -0.465 e. The lowest BCUT2D eigenvalue weighted by Crippen LogP contribution is -2.21. The normalized spacial score (nSPS) is 11.6. The summed E-state index contributed by atoms with van der Waals surface area (Å²) >= 11 is 0. The Morgan fingerprint density at radius 1 is 1.18 bits per heavy atom. The Hall–Kier alpha value is -3.47. The maximum Gasteiger partial charge on any atom is 0.433 e. The van der Waals surface area contributed by atoms with Crippen LogP contribution in [0.1, 0.15) is 60.7 Å². The van der Waals surface area contributed by atoms with E-state index in [1.807, 2.05) is 13.8 Å². The second-order valence-electron chi connectivity index (χ2n) is 7.76. The van der Waals surface area contributed by atoms with E-state index in [9.17, 15) is 27.9 Å². The first-order chi connectivity index (χ1) is 15.9. The number of aryl methyl sites for hydroxylation is 1. The van der Waals surface area contributed by atoms with Crippen molar-refractivity contribution < 1.29 is 32.6 Å². The zero-order valence-corrected chi connectivity index (χ0v) is 19.5. The molecule has 8 nitrogen and oxygen atoms in total. The summed E-state index contributed by atoms with van der Waals surface area (Å²) in [6.07, 6.45) is -2.61. The number of rotatable bonds is 6. The van der Waals surface area contributed by atoms with E-state index in [1.165, 1.54) is 12.1 Å². The van der Waals surface area contributed by atoms with Gasteiger partial charge in [-0.3, -0.25) is 9.48 Å². The van der Waals surface area contributed by atoms with Crippen molar-refractivity contribution in [2.45, 2.75) is 52.4 Å². The van der Waals surface area contributed by atoms with Crippen molar-refractivity contribution in [3.63, 3.8) is 0 Å². The molecular weight excluding hydrogens is 453 g/mol. The summed E-state index contributed by atoms with van der Waals surface area (Å²) in [6, 6.07) is 5.85. The number of benzene rings is 1. The van der Waals surface area contributed by atoms with Gasteiger partial charge in [-0.25, -0.2) is 9.78 Å². The van der Waals surface area contributed by atoms with Gasteiger partial charge in [0, 0.05) is 18.1 Å². The average molecular weight is 480 g/mol. The molecule has 184 valence electrons. The van der Waals surface area contributed by atoms with Crippen LogP contribution in [0.25, 0.3) is 10.9 Å². The number of ether oxygens (including phenoxy) is 1. The smallest absolute Gasteiger partial charge is 0.433 e. The van der Waals surface area contributed by atoms with Gasteiger partial charge in [-0.1, -0.05) is 19.9 Å². The number of fused-ring (bicyclic) bond motifs is 1. The van der Waals surface area contributed by atoms with Gasteiger partial charge in [0.15, 0.2) is 0 Å². The molecule has 0 radical (unpaired) electrons. The van der Waals surface area contributed by atoms with E-state index < -0.39 is 35.0 Å². The number of carbonyl (C=O) groups is 2. The molecule has 34 heavy (non-hydrogen) atoms. The van der Waals surface area contributed by atoms with Crippen molar-refractivity contribution >= 4 is 28.5 Å². The lowest BCUT2D eigenvalue weighted by Gasteiger charge is -2.16. The van der Waals surface area contributed by atoms with Crippen LogP contribution in [-0.2, 0) is 17.5 Å². The molecule has 2 heterocycles. The molecule has 0 saturated carbocycles. The van der Waals surface area contributed by atoms with Gasteiger partial charge in [-0.2, -0.15) is 18.3 Å². The number of esters is 1. The fourth-order valence-corrected chi connectivity index (χ4v) is 2.91. The number of pyridine rings is 1. The van der Waals surface area contributed by atoms with Crippen molar-refractivity contribution in [3.05, 3.63) is 53.5 Å². The molecule has 3 aromatic rings. The second kappa shape index (κ2) is 10.6. The lowest BCUT2D eigenvalue weighted by atomic mass is 10.1. The van der Waals surface area contributed by atoms with Crippen LogP contribution in [0.15, 0.2) is 36.5 Å². The van der Waals surface area contributed by atoms with Gasteiger partial charge in [0.2, 0.25) is 0 Å². The Bertz CT molecular complexity index is 1170. The zero-order chi connectivity index (χ0) is 25.7. The molecule has 0 aliphatic rings. The number of amides is 1. The fraction of sp³-hybridized carbons (Fsp3) is 0.391. The molecule has 11 heteroatoms. The van der Waals surface area contributed by atoms with Crippen LogP contribution in [0.2, 0.25) is 0 Å². The molecule has 0 unspecified atom stereocenters. The highest BCUT2D eigenvalue weighted by molar-refractivity contribution is 6.09. The molecule has 3 rings (SSSR count). The number of hydrogen-bond donors (Lipinski definition) is 2. The first kappa shape index (κ1) is 26.8. The molecular formula is C23H27F3N4O4. The van der Waals surface area contributed by atoms with Gasteiger partial charge in [0.25, 0.3) is 5.91 Å². The Morgan fingerprint density at radius 2 is 1.85 bits per heavy atom. The van der Waals surface area contributed by atoms with Crippen LogP contribution in [0.5, 0.6) is 0 Å². The topological polar surface area (TPSA) is 106 Å². The van der Waals surface area contributed by atoms with Crippen molar-refractivity contribution in [2.24, 2.45) is 0 Å². The molecule has 0 aliphatic heterocycles. The van der Waals surface area contributed by atoms with Crippen molar-refractivity contribution in [3.8, 4) is 0 Å². The predicted octanol–water partition coefficient (Wildman–Crippen LogP) is 4.68. The minimum atomic E-state index is -4.70. The number of hydrogen-bond acceptors (Lipinski definition) is 6. The van der Waals surface area contributed by atoms with Crippen LogP contribution in [0.3, 0.4) is 0 Å². The highest BCUT2D eigenvalue weighted by atomic mass is 19.4. The quantitative estimate of drug-likeness (QED) is 0.497. The van der Waals surface area contributed by atoms with E-state index in [4.69, 9.17) is 4.74 Å². The number of aromatic nitrogens is 3. The molecule has 0 fully saturated rings. The van der Waals surface area contributed by atoms with Crippen LogP contribution in [0, 0.1) is 0 Å². The molecule has 1 amide bonds. The number of nitrogens with zero attached hydrogens (tertiary/aromatic N) is 3. The Labute approximate surface area is 194 Å². The molecule has 0 spiro atoms. The number of alkyl halides is 3. The first-order valence-electron chi connectivity index (χ1n) is 10.5. The van der Waals surface area contributed by atoms with Gasteiger partial charge in [0.05, 0.1) is 29.5 Å². The van der Waals surface area contributed by atoms with Crippen LogP contribution < -0.4 is 5.32 Å². The highest BCUT2D eigenvalue weighted by Gasteiger charge is 2.33. The van der Waals surface area contributed by atoms with Gasteiger partial charge >= 0.3 is 12.1 Å². The highest BCUT2D eigenvalue weighted by Crippen LogP contribution is 2.28. The Morgan fingerprint density at radius 3 is 2.44 bits per heavy atom. The summed E-state index contributed by atoms with van der Waals surface area (Å²) in [7, 11) is 1.16. The maximum atomic E-state index is 12.9. The largest absolute Gasteiger partial charge is 0.465 e. The number of aliphatic hydroxyl groups is 1. The van der Waals surface area contributed by atoms with Crippen molar-refractivity contribution in [1.82, 2.24) is 14.8 Å². The van der Waals surface area contributed by atoms with Crippen LogP contribution >= 0.6 is 0 Å². The molecule has 1 aromatic carbocycles. The van der Waals surface area contributed by atoms with Gasteiger partial charge in [-0.05, 0) is 44.5 Å². The monoisotopic (exact) mass is 480 g/mol. The number of methoxy groups -OCH3 is 1. The van der Waals surface area contributed by atoms with E-state index in [2.05, 4.69) is 15.4 Å². The summed E-state index contributed by atoms with van der Waals surface area (Å²) in [6.45, 7) is 7.74. The van der Waals surface area contributed by atoms with Gasteiger partial charge < -0.3 is 15.2 Å². The first-order valence-corrected chi connectivity index (χ1v) is 10.5. The Kier molecular flexibility index (Phi) is 8.38. The molecule has 0 aliphatic carbocycles. The summed E-state index contributed by atoms with van der Waals surface area (Å²) in [4.78, 5) is 28.2. The van der Waals surface area contributed by atoms with E-state index in [0.717, 1.165) is 25.3 Å². The minimum absolute atomic E-state index is 0.0203. The van der Waals surface area contributed by atoms with Gasteiger partial charge in [0.1, 0.15) is 11.4 Å². The third kappa shape index (κ3) is 6.77. The molecule has 0 atom stereocenters. The van der Waals surface area contributed by atoms with Crippen molar-refractivity contribution in [1.29, 1.82) is 0 Å². The Balaban J connectivity index is 0.00000199.